The first-order valence-corrected chi connectivity index (χ1v) is 8.45. The molecule has 0 unspecified atom stereocenters. The van der Waals surface area contributed by atoms with E-state index in [1.165, 1.54) is 0 Å². The van der Waals surface area contributed by atoms with Crippen molar-refractivity contribution in [3.63, 3.8) is 0 Å². The Kier molecular flexibility index (Phi) is 6.15. The molecule has 1 amide bonds. The van der Waals surface area contributed by atoms with Crippen molar-refractivity contribution in [2.24, 2.45) is 0 Å². The lowest BCUT2D eigenvalue weighted by Crippen LogP contribution is -2.41. The van der Waals surface area contributed by atoms with Crippen molar-refractivity contribution in [3.05, 3.63) is 52.9 Å². The molecule has 1 aromatic carbocycles. The molecule has 2 aromatic rings. The van der Waals surface area contributed by atoms with Gasteiger partial charge in [-0.3, -0.25) is 9.69 Å². The van der Waals surface area contributed by atoms with Gasteiger partial charge in [0.15, 0.2) is 0 Å². The summed E-state index contributed by atoms with van der Waals surface area (Å²) >= 11 is 0. The van der Waals surface area contributed by atoms with Crippen LogP contribution in [0.25, 0.3) is 0 Å². The molecule has 2 rings (SSSR count). The molecule has 0 spiro atoms. The first-order valence-electron chi connectivity index (χ1n) is 8.45. The number of nitrogens with zero attached hydrogens (tertiary/aromatic N) is 3. The fraction of sp³-hybridized carbons (Fsp3) is 0.474. The molecular weight excluding hydrogens is 302 g/mol. The third-order valence-corrected chi connectivity index (χ3v) is 4.48. The average Bonchev–Trinajstić information content (AvgIpc) is 2.91. The number of benzene rings is 1. The van der Waals surface area contributed by atoms with Crippen LogP contribution in [0, 0.1) is 13.8 Å². The van der Waals surface area contributed by atoms with Crippen LogP contribution >= 0.6 is 0 Å². The number of aryl methyl sites for hydroxylation is 2. The van der Waals surface area contributed by atoms with Gasteiger partial charge in [-0.1, -0.05) is 49.3 Å². The number of amides is 1. The fourth-order valence-corrected chi connectivity index (χ4v) is 2.99. The number of hydrogen-bond acceptors (Lipinski definition) is 4. The summed E-state index contributed by atoms with van der Waals surface area (Å²) in [5.74, 6) is 0.858. The predicted octanol–water partition coefficient (Wildman–Crippen LogP) is 3.33. The number of carbonyl (C=O) groups is 1. The maximum atomic E-state index is 13.2. The summed E-state index contributed by atoms with van der Waals surface area (Å²) in [5, 5.41) is 3.98. The number of rotatable bonds is 7. The highest BCUT2D eigenvalue weighted by atomic mass is 16.5. The molecule has 0 saturated heterocycles. The Morgan fingerprint density at radius 2 is 1.79 bits per heavy atom. The minimum absolute atomic E-state index is 0.0879. The Bertz CT molecular complexity index is 643. The van der Waals surface area contributed by atoms with Gasteiger partial charge < -0.3 is 9.42 Å². The standard InChI is InChI=1S/C19H27N3O2/c1-6-22(7-2)18(16-11-9-8-10-12-16)19(23)21(5)13-17-14(3)20-24-15(17)4/h8-12,18H,6-7,13H2,1-5H3/t18-/m0/s1. The minimum Gasteiger partial charge on any atom is -0.361 e. The summed E-state index contributed by atoms with van der Waals surface area (Å²) in [5.41, 5.74) is 2.85. The van der Waals surface area contributed by atoms with Crippen LogP contribution in [-0.4, -0.2) is 41.0 Å². The van der Waals surface area contributed by atoms with Gasteiger partial charge in [0.05, 0.1) is 12.2 Å². The van der Waals surface area contributed by atoms with Crippen LogP contribution in [0.2, 0.25) is 0 Å². The zero-order valence-corrected chi connectivity index (χ0v) is 15.2. The van der Waals surface area contributed by atoms with Gasteiger partial charge in [-0.15, -0.1) is 0 Å². The molecule has 1 aromatic heterocycles. The third kappa shape index (κ3) is 3.85. The van der Waals surface area contributed by atoms with E-state index in [4.69, 9.17) is 4.52 Å². The van der Waals surface area contributed by atoms with Crippen LogP contribution in [-0.2, 0) is 11.3 Å². The summed E-state index contributed by atoms with van der Waals surface area (Å²) < 4.78 is 5.21. The normalized spacial score (nSPS) is 12.4. The Morgan fingerprint density at radius 1 is 1.17 bits per heavy atom. The van der Waals surface area contributed by atoms with E-state index in [1.54, 1.807) is 4.90 Å². The molecule has 0 aliphatic carbocycles. The number of carbonyl (C=O) groups excluding carboxylic acids is 1. The van der Waals surface area contributed by atoms with Crippen molar-refractivity contribution in [2.75, 3.05) is 20.1 Å². The second-order valence-electron chi connectivity index (χ2n) is 6.03. The van der Waals surface area contributed by atoms with Crippen molar-refractivity contribution in [1.82, 2.24) is 15.0 Å². The smallest absolute Gasteiger partial charge is 0.244 e. The Morgan fingerprint density at radius 3 is 2.29 bits per heavy atom. The van der Waals surface area contributed by atoms with E-state index < -0.39 is 0 Å². The predicted molar refractivity (Wildman–Crippen MR) is 94.6 cm³/mol. The highest BCUT2D eigenvalue weighted by Gasteiger charge is 2.29. The molecular formula is C19H27N3O2. The topological polar surface area (TPSA) is 49.6 Å². The van der Waals surface area contributed by atoms with Crippen molar-refractivity contribution in [2.45, 2.75) is 40.3 Å². The van der Waals surface area contributed by atoms with E-state index in [2.05, 4.69) is 23.9 Å². The van der Waals surface area contributed by atoms with Crippen LogP contribution in [0.3, 0.4) is 0 Å². The lowest BCUT2D eigenvalue weighted by Gasteiger charge is -2.32. The highest BCUT2D eigenvalue weighted by Crippen LogP contribution is 2.24. The van der Waals surface area contributed by atoms with E-state index >= 15 is 0 Å². The molecule has 5 heteroatoms. The SMILES string of the molecule is CCN(CC)[C@H](C(=O)N(C)Cc1c(C)noc1C)c1ccccc1. The van der Waals surface area contributed by atoms with Crippen molar-refractivity contribution >= 4 is 5.91 Å². The average molecular weight is 329 g/mol. The number of likely N-dealkylation sites (N-methyl/N-ethyl adjacent to an activating group) is 2. The molecule has 130 valence electrons. The Labute approximate surface area is 144 Å². The number of hydrogen-bond donors (Lipinski definition) is 0. The Balaban J connectivity index is 2.27. The monoisotopic (exact) mass is 329 g/mol. The summed E-state index contributed by atoms with van der Waals surface area (Å²) in [4.78, 5) is 17.1. The van der Waals surface area contributed by atoms with Crippen LogP contribution in [0.4, 0.5) is 0 Å². The molecule has 0 radical (unpaired) electrons. The van der Waals surface area contributed by atoms with E-state index in [1.807, 2.05) is 51.2 Å². The van der Waals surface area contributed by atoms with Gasteiger partial charge in [-0.25, -0.2) is 0 Å². The molecule has 1 heterocycles. The van der Waals surface area contributed by atoms with Crippen molar-refractivity contribution in [3.8, 4) is 0 Å². The van der Waals surface area contributed by atoms with Gasteiger partial charge in [0.1, 0.15) is 11.8 Å². The Hall–Kier alpha value is -2.14. The van der Waals surface area contributed by atoms with Gasteiger partial charge in [-0.05, 0) is 32.5 Å². The zero-order valence-electron chi connectivity index (χ0n) is 15.2. The number of aromatic nitrogens is 1. The summed E-state index contributed by atoms with van der Waals surface area (Å²) in [6, 6.07) is 9.70. The molecule has 0 fully saturated rings. The molecule has 24 heavy (non-hydrogen) atoms. The first kappa shape index (κ1) is 18.2. The third-order valence-electron chi connectivity index (χ3n) is 4.48. The molecule has 5 nitrogen and oxygen atoms in total. The quantitative estimate of drug-likeness (QED) is 0.782. The lowest BCUT2D eigenvalue weighted by atomic mass is 10.0. The molecule has 0 N–H and O–H groups in total. The van der Waals surface area contributed by atoms with E-state index in [9.17, 15) is 4.79 Å². The maximum absolute atomic E-state index is 13.2. The molecule has 0 aliphatic heterocycles. The first-order chi connectivity index (χ1) is 11.5. The molecule has 0 aliphatic rings. The molecule has 1 atom stereocenters. The second kappa shape index (κ2) is 8.11. The second-order valence-corrected chi connectivity index (χ2v) is 6.03. The van der Waals surface area contributed by atoms with E-state index in [0.717, 1.165) is 35.7 Å². The van der Waals surface area contributed by atoms with E-state index in [0.29, 0.717) is 6.54 Å². The van der Waals surface area contributed by atoms with Gasteiger partial charge in [0.25, 0.3) is 0 Å². The molecule has 0 saturated carbocycles. The van der Waals surface area contributed by atoms with Crippen LogP contribution < -0.4 is 0 Å². The van der Waals surface area contributed by atoms with Crippen LogP contribution in [0.15, 0.2) is 34.9 Å². The zero-order chi connectivity index (χ0) is 17.7. The fourth-order valence-electron chi connectivity index (χ4n) is 2.99. The van der Waals surface area contributed by atoms with Crippen LogP contribution in [0.1, 0.15) is 42.5 Å². The summed E-state index contributed by atoms with van der Waals surface area (Å²) in [6.07, 6.45) is 0. The molecule has 0 bridgehead atoms. The van der Waals surface area contributed by atoms with E-state index in [-0.39, 0.29) is 11.9 Å². The largest absolute Gasteiger partial charge is 0.361 e. The van der Waals surface area contributed by atoms with Gasteiger partial charge >= 0.3 is 0 Å². The van der Waals surface area contributed by atoms with Crippen molar-refractivity contribution in [1.29, 1.82) is 0 Å². The van der Waals surface area contributed by atoms with Crippen molar-refractivity contribution < 1.29 is 9.32 Å². The highest BCUT2D eigenvalue weighted by molar-refractivity contribution is 5.83. The van der Waals surface area contributed by atoms with Gasteiger partial charge in [0, 0.05) is 12.6 Å². The maximum Gasteiger partial charge on any atom is 0.244 e. The van der Waals surface area contributed by atoms with Crippen LogP contribution in [0.5, 0.6) is 0 Å². The minimum atomic E-state index is -0.272. The van der Waals surface area contributed by atoms with Gasteiger partial charge in [0.2, 0.25) is 5.91 Å². The lowest BCUT2D eigenvalue weighted by molar-refractivity contribution is -0.136. The van der Waals surface area contributed by atoms with Gasteiger partial charge in [-0.2, -0.15) is 0 Å². The summed E-state index contributed by atoms with van der Waals surface area (Å²) in [6.45, 7) is 10.1. The summed E-state index contributed by atoms with van der Waals surface area (Å²) in [7, 11) is 1.84.